The second-order valence-corrected chi connectivity index (χ2v) is 4.06. The van der Waals surface area contributed by atoms with Crippen molar-refractivity contribution in [3.8, 4) is 0 Å². The zero-order valence-corrected chi connectivity index (χ0v) is 9.86. The van der Waals surface area contributed by atoms with Crippen molar-refractivity contribution in [3.05, 3.63) is 33.4 Å². The van der Waals surface area contributed by atoms with Crippen molar-refractivity contribution in [1.29, 1.82) is 0 Å². The molecule has 0 aromatic carbocycles. The van der Waals surface area contributed by atoms with Crippen molar-refractivity contribution in [2.75, 3.05) is 6.80 Å². The molecule has 0 spiro atoms. The monoisotopic (exact) mass is 253 g/mol. The number of hydrogen-bond donors (Lipinski definition) is 0. The number of imide groups is 1. The molecule has 0 atom stereocenters. The first kappa shape index (κ1) is 12.5. The molecule has 1 aliphatic rings. The van der Waals surface area contributed by atoms with Gasteiger partial charge in [0.1, 0.15) is 5.76 Å². The van der Waals surface area contributed by atoms with Gasteiger partial charge < -0.3 is 4.42 Å². The molecule has 2 amide bonds. The third-order valence-electron chi connectivity index (χ3n) is 2.83. The summed E-state index contributed by atoms with van der Waals surface area (Å²) in [4.78, 5) is 35.3. The molecule has 5 nitrogen and oxygen atoms in total. The summed E-state index contributed by atoms with van der Waals surface area (Å²) in [7, 11) is 0. The number of hydrogen-bond acceptors (Lipinski definition) is 4. The van der Waals surface area contributed by atoms with Gasteiger partial charge in [-0.2, -0.15) is 0 Å². The van der Waals surface area contributed by atoms with E-state index in [9.17, 15) is 18.8 Å². The Labute approximate surface area is 102 Å². The highest BCUT2D eigenvalue weighted by atomic mass is 19.1. The number of carbonyl (C=O) groups is 2. The highest BCUT2D eigenvalue weighted by Gasteiger charge is 2.34. The van der Waals surface area contributed by atoms with E-state index in [0.717, 1.165) is 6.42 Å². The van der Waals surface area contributed by atoms with Gasteiger partial charge >= 0.3 is 5.63 Å². The minimum atomic E-state index is -1.16. The Morgan fingerprint density at radius 3 is 2.72 bits per heavy atom. The van der Waals surface area contributed by atoms with Gasteiger partial charge in [-0.15, -0.1) is 0 Å². The van der Waals surface area contributed by atoms with Gasteiger partial charge in [0.25, 0.3) is 5.91 Å². The van der Waals surface area contributed by atoms with Crippen LogP contribution in [0.3, 0.4) is 0 Å². The quantitative estimate of drug-likeness (QED) is 0.596. The van der Waals surface area contributed by atoms with Gasteiger partial charge in [0.05, 0.1) is 12.0 Å². The number of alkyl halides is 1. The summed E-state index contributed by atoms with van der Waals surface area (Å²) in [6, 6.07) is 1.23. The highest BCUT2D eigenvalue weighted by molar-refractivity contribution is 6.09. The van der Waals surface area contributed by atoms with Crippen LogP contribution in [0.2, 0.25) is 0 Å². The van der Waals surface area contributed by atoms with Crippen molar-refractivity contribution < 1.29 is 18.4 Å². The van der Waals surface area contributed by atoms with Crippen molar-refractivity contribution in [2.24, 2.45) is 0 Å². The SMILES string of the molecule is CCCc1cc(=O)oc2c1C(=O)N(CF)C(=O)C2. The summed E-state index contributed by atoms with van der Waals surface area (Å²) in [6.45, 7) is 0.730. The minimum absolute atomic E-state index is 0.0469. The average molecular weight is 253 g/mol. The minimum Gasteiger partial charge on any atom is -0.426 e. The van der Waals surface area contributed by atoms with Gasteiger partial charge in [-0.3, -0.25) is 9.59 Å². The molecule has 0 saturated carbocycles. The average Bonchev–Trinajstić information content (AvgIpc) is 2.28. The van der Waals surface area contributed by atoms with Crippen LogP contribution in [0.5, 0.6) is 0 Å². The number of amides is 2. The number of halogens is 1. The molecule has 2 rings (SSSR count). The Balaban J connectivity index is 2.60. The molecule has 0 radical (unpaired) electrons. The summed E-state index contributed by atoms with van der Waals surface area (Å²) >= 11 is 0. The van der Waals surface area contributed by atoms with E-state index in [1.807, 2.05) is 6.92 Å². The molecule has 1 aromatic heterocycles. The molecule has 0 saturated heterocycles. The predicted octanol–water partition coefficient (Wildman–Crippen LogP) is 1.04. The Morgan fingerprint density at radius 1 is 1.39 bits per heavy atom. The summed E-state index contributed by atoms with van der Waals surface area (Å²) in [5, 5.41) is 0. The summed E-state index contributed by atoms with van der Waals surface area (Å²) in [5.74, 6) is -1.37. The van der Waals surface area contributed by atoms with Gasteiger partial charge in [0.2, 0.25) is 5.91 Å². The highest BCUT2D eigenvalue weighted by Crippen LogP contribution is 2.23. The van der Waals surface area contributed by atoms with Gasteiger partial charge in [0, 0.05) is 6.07 Å². The van der Waals surface area contributed by atoms with E-state index in [-0.39, 0.29) is 17.7 Å². The smallest absolute Gasteiger partial charge is 0.336 e. The van der Waals surface area contributed by atoms with Crippen LogP contribution in [0, 0.1) is 0 Å². The lowest BCUT2D eigenvalue weighted by atomic mass is 9.98. The Hall–Kier alpha value is -1.98. The topological polar surface area (TPSA) is 67.6 Å². The van der Waals surface area contributed by atoms with Crippen molar-refractivity contribution in [1.82, 2.24) is 4.90 Å². The molecular weight excluding hydrogens is 241 g/mol. The summed E-state index contributed by atoms with van der Waals surface area (Å²) in [5.41, 5.74) is 0.0832. The number of carbonyl (C=O) groups excluding carboxylic acids is 2. The molecular formula is C12H12FNO4. The van der Waals surface area contributed by atoms with Gasteiger partial charge in [0.15, 0.2) is 6.80 Å². The van der Waals surface area contributed by atoms with Crippen LogP contribution in [0.25, 0.3) is 0 Å². The molecule has 96 valence electrons. The maximum atomic E-state index is 12.7. The first-order valence-corrected chi connectivity index (χ1v) is 5.65. The zero-order valence-electron chi connectivity index (χ0n) is 9.86. The summed E-state index contributed by atoms with van der Waals surface area (Å²) < 4.78 is 17.5. The molecule has 2 heterocycles. The van der Waals surface area contributed by atoms with Crippen LogP contribution in [0.1, 0.15) is 35.0 Å². The number of fused-ring (bicyclic) bond motifs is 1. The van der Waals surface area contributed by atoms with E-state index in [2.05, 4.69) is 0 Å². The maximum absolute atomic E-state index is 12.7. The fourth-order valence-corrected chi connectivity index (χ4v) is 2.04. The van der Waals surface area contributed by atoms with Crippen molar-refractivity contribution in [2.45, 2.75) is 26.2 Å². The molecule has 1 aromatic rings. The lowest BCUT2D eigenvalue weighted by Gasteiger charge is -2.24. The first-order valence-electron chi connectivity index (χ1n) is 5.65. The Morgan fingerprint density at radius 2 is 2.11 bits per heavy atom. The third-order valence-corrected chi connectivity index (χ3v) is 2.83. The summed E-state index contributed by atoms with van der Waals surface area (Å²) in [6.07, 6.45) is 0.985. The van der Waals surface area contributed by atoms with Crippen molar-refractivity contribution >= 4 is 11.8 Å². The van der Waals surface area contributed by atoms with Gasteiger partial charge in [-0.25, -0.2) is 14.1 Å². The standard InChI is InChI=1S/C12H12FNO4/c1-2-3-7-4-10(16)18-8-5-9(15)14(6-13)12(17)11(7)8/h4H,2-3,5-6H2,1H3. The second-order valence-electron chi connectivity index (χ2n) is 4.06. The van der Waals surface area contributed by atoms with E-state index in [1.54, 1.807) is 0 Å². The fourth-order valence-electron chi connectivity index (χ4n) is 2.04. The van der Waals surface area contributed by atoms with Crippen LogP contribution < -0.4 is 5.63 Å². The molecule has 6 heteroatoms. The lowest BCUT2D eigenvalue weighted by Crippen LogP contribution is -2.42. The number of nitrogens with zero attached hydrogens (tertiary/aromatic N) is 1. The second kappa shape index (κ2) is 4.72. The third kappa shape index (κ3) is 1.94. The lowest BCUT2D eigenvalue weighted by molar-refractivity contribution is -0.130. The van der Waals surface area contributed by atoms with E-state index >= 15 is 0 Å². The van der Waals surface area contributed by atoms with Gasteiger partial charge in [-0.1, -0.05) is 13.3 Å². The number of rotatable bonds is 3. The van der Waals surface area contributed by atoms with Crippen molar-refractivity contribution in [3.63, 3.8) is 0 Å². The Bertz CT molecular complexity index is 564. The normalized spacial score (nSPS) is 14.9. The molecule has 0 aliphatic carbocycles. The van der Waals surface area contributed by atoms with Crippen LogP contribution >= 0.6 is 0 Å². The Kier molecular flexibility index (Phi) is 3.27. The predicted molar refractivity (Wildman–Crippen MR) is 59.8 cm³/mol. The first-order chi connectivity index (χ1) is 8.58. The van der Waals surface area contributed by atoms with E-state index in [1.165, 1.54) is 6.07 Å². The van der Waals surface area contributed by atoms with E-state index < -0.39 is 24.2 Å². The maximum Gasteiger partial charge on any atom is 0.336 e. The number of aryl methyl sites for hydroxylation is 1. The molecule has 0 N–H and O–H groups in total. The van der Waals surface area contributed by atoms with Crippen LogP contribution in [0.4, 0.5) is 4.39 Å². The molecule has 0 fully saturated rings. The largest absolute Gasteiger partial charge is 0.426 e. The molecule has 0 unspecified atom stereocenters. The van der Waals surface area contributed by atoms with Crippen LogP contribution in [0.15, 0.2) is 15.3 Å². The molecule has 0 bridgehead atoms. The van der Waals surface area contributed by atoms with Crippen LogP contribution in [-0.2, 0) is 17.6 Å². The van der Waals surface area contributed by atoms with E-state index in [4.69, 9.17) is 4.42 Å². The van der Waals surface area contributed by atoms with Crippen LogP contribution in [-0.4, -0.2) is 23.5 Å². The molecule has 1 aliphatic heterocycles. The van der Waals surface area contributed by atoms with E-state index in [0.29, 0.717) is 16.9 Å². The van der Waals surface area contributed by atoms with Gasteiger partial charge in [-0.05, 0) is 12.0 Å². The molecule has 18 heavy (non-hydrogen) atoms. The zero-order chi connectivity index (χ0) is 13.3. The fraction of sp³-hybridized carbons (Fsp3) is 0.417.